The summed E-state index contributed by atoms with van der Waals surface area (Å²) >= 11 is 1.39. The first-order valence-corrected chi connectivity index (χ1v) is 15.6. The maximum absolute atomic E-state index is 13.8. The summed E-state index contributed by atoms with van der Waals surface area (Å²) in [4.78, 5) is 45.2. The maximum atomic E-state index is 13.8. The van der Waals surface area contributed by atoms with E-state index in [1.54, 1.807) is 35.0 Å². The van der Waals surface area contributed by atoms with E-state index in [0.29, 0.717) is 24.3 Å². The number of ketones is 1. The Morgan fingerprint density at radius 2 is 1.97 bits per heavy atom. The molecule has 0 spiro atoms. The Labute approximate surface area is 226 Å². The van der Waals surface area contributed by atoms with Crippen molar-refractivity contribution in [3.05, 3.63) is 46.9 Å². The molecule has 3 atom stereocenters. The lowest BCUT2D eigenvalue weighted by atomic mass is 9.84. The molecule has 2 aromatic heterocycles. The Morgan fingerprint density at radius 3 is 2.68 bits per heavy atom. The van der Waals surface area contributed by atoms with Gasteiger partial charge in [0.15, 0.2) is 5.78 Å². The minimum Gasteiger partial charge on any atom is -0.409 e. The fourth-order valence-electron chi connectivity index (χ4n) is 5.90. The zero-order valence-corrected chi connectivity index (χ0v) is 22.7. The summed E-state index contributed by atoms with van der Waals surface area (Å²) in [6, 6.07) is 4.40. The number of hydrogen-bond acceptors (Lipinski definition) is 8. The molecule has 4 heterocycles. The molecule has 38 heavy (non-hydrogen) atoms. The second-order valence-electron chi connectivity index (χ2n) is 10.2. The number of fused-ring (bicyclic) bond motifs is 1. The zero-order chi connectivity index (χ0) is 26.7. The fourth-order valence-corrected chi connectivity index (χ4v) is 8.12. The highest BCUT2D eigenvalue weighted by Gasteiger charge is 2.54. The summed E-state index contributed by atoms with van der Waals surface area (Å²) in [6.45, 7) is -0.0207. The molecule has 2 saturated heterocycles. The van der Waals surface area contributed by atoms with Crippen molar-refractivity contribution in [2.75, 3.05) is 13.1 Å². The molecular formula is C26H32N4O6S2. The van der Waals surface area contributed by atoms with Gasteiger partial charge in [-0.25, -0.2) is 13.2 Å². The molecule has 3 fully saturated rings. The van der Waals surface area contributed by atoms with Crippen molar-refractivity contribution in [3.8, 4) is 5.75 Å². The van der Waals surface area contributed by atoms with E-state index in [2.05, 4.69) is 10.3 Å². The van der Waals surface area contributed by atoms with Crippen LogP contribution in [0.2, 0.25) is 0 Å². The number of rotatable bonds is 8. The van der Waals surface area contributed by atoms with Gasteiger partial charge in [-0.15, -0.1) is 11.3 Å². The lowest BCUT2D eigenvalue weighted by Gasteiger charge is -2.31. The SMILES string of the molecule is O=C(NC(CC1CCCCC1)C(=O)N1CCC2C1C(=O)CN2S(=O)(=O)Cc1ccccn1)Oc1ccsc1. The lowest BCUT2D eigenvalue weighted by molar-refractivity contribution is -0.138. The molecule has 3 unspecified atom stereocenters. The summed E-state index contributed by atoms with van der Waals surface area (Å²) in [5.41, 5.74) is 0.398. The van der Waals surface area contributed by atoms with Gasteiger partial charge >= 0.3 is 6.09 Å². The minimum atomic E-state index is -3.82. The van der Waals surface area contributed by atoms with Crippen LogP contribution in [0.15, 0.2) is 41.2 Å². The van der Waals surface area contributed by atoms with Crippen LogP contribution in [0.3, 0.4) is 0 Å². The Morgan fingerprint density at radius 1 is 1.16 bits per heavy atom. The number of pyridine rings is 1. The number of aromatic nitrogens is 1. The van der Waals surface area contributed by atoms with Gasteiger partial charge in [0.05, 0.1) is 18.3 Å². The van der Waals surface area contributed by atoms with E-state index in [9.17, 15) is 22.8 Å². The van der Waals surface area contributed by atoms with Crippen LogP contribution in [0.4, 0.5) is 4.79 Å². The van der Waals surface area contributed by atoms with Gasteiger partial charge in [-0.1, -0.05) is 38.2 Å². The van der Waals surface area contributed by atoms with Crippen LogP contribution in [0.25, 0.3) is 0 Å². The number of carbonyl (C=O) groups is 3. The van der Waals surface area contributed by atoms with Gasteiger partial charge in [0.1, 0.15) is 23.6 Å². The molecule has 10 nitrogen and oxygen atoms in total. The molecule has 3 aliphatic rings. The molecule has 0 aromatic carbocycles. The van der Waals surface area contributed by atoms with Gasteiger partial charge in [-0.3, -0.25) is 14.6 Å². The summed E-state index contributed by atoms with van der Waals surface area (Å²) in [6.07, 6.45) is 6.93. The maximum Gasteiger partial charge on any atom is 0.413 e. The topological polar surface area (TPSA) is 126 Å². The monoisotopic (exact) mass is 560 g/mol. The molecule has 1 saturated carbocycles. The number of nitrogens with one attached hydrogen (secondary N) is 1. The first-order valence-electron chi connectivity index (χ1n) is 13.0. The van der Waals surface area contributed by atoms with Crippen LogP contribution in [0.5, 0.6) is 5.75 Å². The quantitative estimate of drug-likeness (QED) is 0.526. The molecule has 0 radical (unpaired) electrons. The molecule has 1 aliphatic carbocycles. The van der Waals surface area contributed by atoms with Gasteiger partial charge in [-0.2, -0.15) is 4.31 Å². The van der Waals surface area contributed by atoms with E-state index in [4.69, 9.17) is 4.74 Å². The normalized spacial score (nSPS) is 23.3. The molecule has 2 amide bonds. The van der Waals surface area contributed by atoms with E-state index in [-0.39, 0.29) is 36.5 Å². The van der Waals surface area contributed by atoms with Crippen LogP contribution in [-0.4, -0.2) is 71.6 Å². The summed E-state index contributed by atoms with van der Waals surface area (Å²) < 4.78 is 33.0. The third kappa shape index (κ3) is 5.92. The summed E-state index contributed by atoms with van der Waals surface area (Å²) in [5.74, 6) is -0.284. The number of Topliss-reactive ketones (excluding diaryl/α,β-unsaturated/α-hetero) is 1. The first kappa shape index (κ1) is 26.8. The standard InChI is InChI=1S/C26H32N4O6S2/c31-23-15-30(38(34,35)17-19-8-4-5-11-27-19)22-9-12-29(24(22)23)25(32)21(14-18-6-2-1-3-7-18)28-26(33)36-20-10-13-37-16-20/h4-5,8,10-11,13,16,18,21-22,24H,1-3,6-7,9,12,14-15,17H2,(H,28,33). The van der Waals surface area contributed by atoms with E-state index in [1.165, 1.54) is 26.7 Å². The van der Waals surface area contributed by atoms with Crippen molar-refractivity contribution < 1.29 is 27.5 Å². The Hall–Kier alpha value is -2.83. The number of thiophene rings is 1. The number of ether oxygens (including phenoxy) is 1. The van der Waals surface area contributed by atoms with E-state index < -0.39 is 34.2 Å². The molecule has 204 valence electrons. The largest absolute Gasteiger partial charge is 0.413 e. The van der Waals surface area contributed by atoms with Crippen LogP contribution in [0, 0.1) is 5.92 Å². The number of hydrogen-bond donors (Lipinski definition) is 1. The highest BCUT2D eigenvalue weighted by atomic mass is 32.2. The molecule has 2 aliphatic heterocycles. The number of amides is 2. The van der Waals surface area contributed by atoms with Crippen molar-refractivity contribution >= 4 is 39.1 Å². The van der Waals surface area contributed by atoms with Crippen LogP contribution in [-0.2, 0) is 25.4 Å². The van der Waals surface area contributed by atoms with Crippen molar-refractivity contribution in [3.63, 3.8) is 0 Å². The van der Waals surface area contributed by atoms with Crippen molar-refractivity contribution in [1.82, 2.24) is 19.5 Å². The van der Waals surface area contributed by atoms with E-state index in [1.807, 2.05) is 0 Å². The van der Waals surface area contributed by atoms with Gasteiger partial charge in [0.25, 0.3) is 0 Å². The van der Waals surface area contributed by atoms with E-state index >= 15 is 0 Å². The Bertz CT molecular complexity index is 1250. The van der Waals surface area contributed by atoms with Gasteiger partial charge in [0, 0.05) is 18.1 Å². The minimum absolute atomic E-state index is 0.248. The average molecular weight is 561 g/mol. The fraction of sp³-hybridized carbons (Fsp3) is 0.538. The summed E-state index contributed by atoms with van der Waals surface area (Å²) in [7, 11) is -3.82. The molecule has 1 N–H and O–H groups in total. The van der Waals surface area contributed by atoms with Gasteiger partial charge < -0.3 is 15.0 Å². The van der Waals surface area contributed by atoms with Crippen LogP contribution >= 0.6 is 11.3 Å². The van der Waals surface area contributed by atoms with Crippen molar-refractivity contribution in [2.45, 2.75) is 68.8 Å². The number of sulfonamides is 1. The molecule has 0 bridgehead atoms. The van der Waals surface area contributed by atoms with E-state index in [0.717, 1.165) is 32.1 Å². The van der Waals surface area contributed by atoms with Crippen LogP contribution < -0.4 is 10.1 Å². The number of likely N-dealkylation sites (tertiary alicyclic amines) is 1. The number of nitrogens with zero attached hydrogens (tertiary/aromatic N) is 3. The third-order valence-corrected chi connectivity index (χ3v) is 10.1. The second kappa shape index (κ2) is 11.5. The number of carbonyl (C=O) groups excluding carboxylic acids is 3. The summed E-state index contributed by atoms with van der Waals surface area (Å²) in [5, 5.41) is 6.23. The second-order valence-corrected chi connectivity index (χ2v) is 12.9. The lowest BCUT2D eigenvalue weighted by Crippen LogP contribution is -2.53. The predicted molar refractivity (Wildman–Crippen MR) is 141 cm³/mol. The van der Waals surface area contributed by atoms with Crippen LogP contribution in [0.1, 0.15) is 50.6 Å². The molecular weight excluding hydrogens is 528 g/mol. The first-order chi connectivity index (χ1) is 18.3. The van der Waals surface area contributed by atoms with Gasteiger partial charge in [0.2, 0.25) is 15.9 Å². The smallest absolute Gasteiger partial charge is 0.409 e. The highest BCUT2D eigenvalue weighted by Crippen LogP contribution is 2.34. The Balaban J connectivity index is 1.31. The third-order valence-electron chi connectivity index (χ3n) is 7.66. The predicted octanol–water partition coefficient (Wildman–Crippen LogP) is 2.95. The van der Waals surface area contributed by atoms with Crippen molar-refractivity contribution in [2.24, 2.45) is 5.92 Å². The molecule has 2 aromatic rings. The average Bonchev–Trinajstić information content (AvgIpc) is 3.63. The highest BCUT2D eigenvalue weighted by molar-refractivity contribution is 7.88. The van der Waals surface area contributed by atoms with Crippen molar-refractivity contribution in [1.29, 1.82) is 0 Å². The molecule has 5 rings (SSSR count). The molecule has 12 heteroatoms. The zero-order valence-electron chi connectivity index (χ0n) is 21.0. The Kier molecular flexibility index (Phi) is 8.10. The van der Waals surface area contributed by atoms with Gasteiger partial charge in [-0.05, 0) is 42.3 Å².